The lowest BCUT2D eigenvalue weighted by atomic mass is 10.0. The summed E-state index contributed by atoms with van der Waals surface area (Å²) in [6.07, 6.45) is 1.61. The Kier molecular flexibility index (Phi) is 10.2. The van der Waals surface area contributed by atoms with Crippen LogP contribution in [-0.4, -0.2) is 45.9 Å². The number of carbonyl (C=O) groups excluding carboxylic acids is 3. The van der Waals surface area contributed by atoms with Crippen LogP contribution in [-0.2, 0) is 22.3 Å². The molecule has 0 fully saturated rings. The highest BCUT2D eigenvalue weighted by Crippen LogP contribution is 2.38. The van der Waals surface area contributed by atoms with Crippen LogP contribution in [0.3, 0.4) is 0 Å². The maximum Gasteiger partial charge on any atom is 0.322 e. The van der Waals surface area contributed by atoms with E-state index in [2.05, 4.69) is 44.5 Å². The van der Waals surface area contributed by atoms with Crippen molar-refractivity contribution in [3.63, 3.8) is 0 Å². The number of nitrogens with zero attached hydrogens (tertiary/aromatic N) is 2. The number of amides is 4. The van der Waals surface area contributed by atoms with Gasteiger partial charge in [-0.15, -0.1) is 0 Å². The van der Waals surface area contributed by atoms with E-state index in [-0.39, 0.29) is 42.2 Å². The summed E-state index contributed by atoms with van der Waals surface area (Å²) in [6.45, 7) is 13.3. The molecule has 252 valence electrons. The average molecular weight is 671 g/mol. The van der Waals surface area contributed by atoms with Crippen LogP contribution < -0.4 is 20.4 Å². The zero-order valence-corrected chi connectivity index (χ0v) is 29.4. The fraction of sp³-hybridized carbons (Fsp3) is 0.324. The van der Waals surface area contributed by atoms with Gasteiger partial charge in [0.2, 0.25) is 5.91 Å². The van der Waals surface area contributed by atoms with Crippen molar-refractivity contribution in [2.75, 3.05) is 29.5 Å². The first kappa shape index (κ1) is 34.6. The molecule has 3 aromatic carbocycles. The summed E-state index contributed by atoms with van der Waals surface area (Å²) in [6, 6.07) is 20.5. The molecule has 0 bridgehead atoms. The first-order chi connectivity index (χ1) is 22.8. The Morgan fingerprint density at radius 2 is 1.71 bits per heavy atom. The molecule has 1 aliphatic heterocycles. The van der Waals surface area contributed by atoms with Crippen molar-refractivity contribution in [2.45, 2.75) is 58.9 Å². The molecule has 0 saturated carbocycles. The Morgan fingerprint density at radius 1 is 0.958 bits per heavy atom. The van der Waals surface area contributed by atoms with E-state index in [9.17, 15) is 14.4 Å². The number of fused-ring (bicyclic) bond motifs is 1. The highest BCUT2D eigenvalue weighted by atomic mass is 28.4. The Hall–Kier alpha value is -4.74. The number of hydrogen-bond acceptors (Lipinski definition) is 5. The molecule has 0 atom stereocenters. The van der Waals surface area contributed by atoms with Gasteiger partial charge >= 0.3 is 6.03 Å². The topological polar surface area (TPSA) is 104 Å². The van der Waals surface area contributed by atoms with Gasteiger partial charge in [0, 0.05) is 30.8 Å². The molecular weight excluding hydrogens is 628 g/mol. The number of halogens is 1. The molecule has 0 unspecified atom stereocenters. The SMILES string of the molecule is Cc1cc(C(=O)NCc2ccccc2-c2ccco2)ccc1CNC(=O)N1CC(=O)N(CCO[Si](C)(C)C(C)(C)C)c2cccc(F)c21. The summed E-state index contributed by atoms with van der Waals surface area (Å²) in [5.74, 6) is -0.420. The first-order valence-electron chi connectivity index (χ1n) is 16.0. The number of para-hydroxylation sites is 1. The smallest absolute Gasteiger partial charge is 0.322 e. The normalized spacial score (nSPS) is 13.4. The van der Waals surface area contributed by atoms with Gasteiger partial charge in [-0.2, -0.15) is 0 Å². The van der Waals surface area contributed by atoms with Gasteiger partial charge in [0.05, 0.1) is 18.6 Å². The van der Waals surface area contributed by atoms with Crippen LogP contribution >= 0.6 is 0 Å². The Bertz CT molecular complexity index is 1800. The zero-order chi connectivity index (χ0) is 34.6. The maximum absolute atomic E-state index is 15.2. The summed E-state index contributed by atoms with van der Waals surface area (Å²) in [5.41, 5.74) is 4.28. The molecule has 1 aromatic heterocycles. The summed E-state index contributed by atoms with van der Waals surface area (Å²) < 4.78 is 27.0. The number of nitrogens with one attached hydrogen (secondary N) is 2. The molecule has 2 N–H and O–H groups in total. The van der Waals surface area contributed by atoms with Gasteiger partial charge in [0.15, 0.2) is 8.32 Å². The quantitative estimate of drug-likeness (QED) is 0.171. The summed E-state index contributed by atoms with van der Waals surface area (Å²) in [4.78, 5) is 42.4. The molecule has 0 radical (unpaired) electrons. The van der Waals surface area contributed by atoms with Gasteiger partial charge in [-0.05, 0) is 78.1 Å². The van der Waals surface area contributed by atoms with E-state index in [1.807, 2.05) is 43.3 Å². The average Bonchev–Trinajstić information content (AvgIpc) is 3.58. The Labute approximate surface area is 282 Å². The summed E-state index contributed by atoms with van der Waals surface area (Å²) >= 11 is 0. The van der Waals surface area contributed by atoms with E-state index >= 15 is 4.39 Å². The van der Waals surface area contributed by atoms with Crippen molar-refractivity contribution in [3.8, 4) is 11.3 Å². The molecule has 4 aromatic rings. The molecule has 0 spiro atoms. The number of benzene rings is 3. The molecule has 5 rings (SSSR count). The molecule has 0 saturated heterocycles. The van der Waals surface area contributed by atoms with Crippen LogP contribution in [0.4, 0.5) is 20.6 Å². The number of anilines is 2. The monoisotopic (exact) mass is 670 g/mol. The third kappa shape index (κ3) is 7.53. The van der Waals surface area contributed by atoms with Crippen LogP contribution in [0.25, 0.3) is 11.3 Å². The number of carbonyl (C=O) groups is 3. The first-order valence-corrected chi connectivity index (χ1v) is 19.0. The lowest BCUT2D eigenvalue weighted by Crippen LogP contribution is -2.52. The molecule has 11 heteroatoms. The Morgan fingerprint density at radius 3 is 2.42 bits per heavy atom. The van der Waals surface area contributed by atoms with Crippen LogP contribution in [0.2, 0.25) is 18.1 Å². The van der Waals surface area contributed by atoms with Crippen molar-refractivity contribution in [1.82, 2.24) is 10.6 Å². The fourth-order valence-electron chi connectivity index (χ4n) is 5.38. The van der Waals surface area contributed by atoms with Crippen LogP contribution in [0.15, 0.2) is 83.5 Å². The van der Waals surface area contributed by atoms with Crippen LogP contribution in [0, 0.1) is 12.7 Å². The predicted octanol–water partition coefficient (Wildman–Crippen LogP) is 7.41. The van der Waals surface area contributed by atoms with Crippen molar-refractivity contribution in [3.05, 3.63) is 107 Å². The minimum Gasteiger partial charge on any atom is -0.464 e. The second-order valence-corrected chi connectivity index (χ2v) is 18.3. The van der Waals surface area contributed by atoms with Gasteiger partial charge < -0.3 is 24.4 Å². The number of furan rings is 1. The summed E-state index contributed by atoms with van der Waals surface area (Å²) in [5, 5.41) is 5.81. The largest absolute Gasteiger partial charge is 0.464 e. The number of rotatable bonds is 10. The van der Waals surface area contributed by atoms with Gasteiger partial charge in [0.1, 0.15) is 23.8 Å². The van der Waals surface area contributed by atoms with Gasteiger partial charge in [0.25, 0.3) is 5.91 Å². The molecule has 2 heterocycles. The number of aryl methyl sites for hydroxylation is 1. The molecular formula is C37H43FN4O5Si. The van der Waals surface area contributed by atoms with Crippen molar-refractivity contribution >= 4 is 37.5 Å². The van der Waals surface area contributed by atoms with E-state index in [0.717, 1.165) is 32.9 Å². The highest BCUT2D eigenvalue weighted by molar-refractivity contribution is 6.74. The third-order valence-electron chi connectivity index (χ3n) is 9.23. The minimum atomic E-state index is -2.05. The second-order valence-electron chi connectivity index (χ2n) is 13.5. The van der Waals surface area contributed by atoms with Crippen molar-refractivity contribution in [2.24, 2.45) is 0 Å². The van der Waals surface area contributed by atoms with E-state index in [1.54, 1.807) is 30.5 Å². The summed E-state index contributed by atoms with van der Waals surface area (Å²) in [7, 11) is -2.05. The maximum atomic E-state index is 15.2. The van der Waals surface area contributed by atoms with E-state index in [4.69, 9.17) is 8.84 Å². The lowest BCUT2D eigenvalue weighted by molar-refractivity contribution is -0.117. The van der Waals surface area contributed by atoms with Gasteiger partial charge in [-0.25, -0.2) is 9.18 Å². The van der Waals surface area contributed by atoms with Crippen LogP contribution in [0.5, 0.6) is 0 Å². The van der Waals surface area contributed by atoms with Crippen LogP contribution in [0.1, 0.15) is 47.8 Å². The zero-order valence-electron chi connectivity index (χ0n) is 28.4. The molecule has 0 aliphatic carbocycles. The van der Waals surface area contributed by atoms with Crippen molar-refractivity contribution in [1.29, 1.82) is 0 Å². The third-order valence-corrected chi connectivity index (χ3v) is 13.8. The molecule has 4 amide bonds. The fourth-order valence-corrected chi connectivity index (χ4v) is 6.41. The Balaban J connectivity index is 1.21. The van der Waals surface area contributed by atoms with Gasteiger partial charge in [-0.3, -0.25) is 14.5 Å². The second kappa shape index (κ2) is 14.2. The van der Waals surface area contributed by atoms with E-state index < -0.39 is 20.2 Å². The molecule has 1 aliphatic rings. The number of urea groups is 1. The molecule has 9 nitrogen and oxygen atoms in total. The van der Waals surface area contributed by atoms with Crippen molar-refractivity contribution < 1.29 is 27.6 Å². The number of hydrogen-bond donors (Lipinski definition) is 2. The minimum absolute atomic E-state index is 0.0107. The highest BCUT2D eigenvalue weighted by Gasteiger charge is 2.38. The van der Waals surface area contributed by atoms with Gasteiger partial charge in [-0.1, -0.05) is 57.2 Å². The standard InChI is InChI=1S/C37H43FN4O5Si/c1-25-21-26(35(44)39-23-28-11-7-8-12-29(28)32-15-10-19-46-32)16-17-27(25)22-40-36(45)42-24-33(43)41(31-14-9-13-30(38)34(31)42)18-20-47-48(5,6)37(2,3)4/h7-17,19,21H,18,20,22-24H2,1-6H3,(H,39,44)(H,40,45). The lowest BCUT2D eigenvalue weighted by Gasteiger charge is -2.39. The van der Waals surface area contributed by atoms with E-state index in [1.165, 1.54) is 17.0 Å². The van der Waals surface area contributed by atoms with E-state index in [0.29, 0.717) is 24.4 Å². The molecule has 48 heavy (non-hydrogen) atoms. The predicted molar refractivity (Wildman–Crippen MR) is 188 cm³/mol.